The summed E-state index contributed by atoms with van der Waals surface area (Å²) in [7, 11) is 0. The number of hydrogen-bond donors (Lipinski definition) is 3. The van der Waals surface area contributed by atoms with Crippen LogP contribution in [0.5, 0.6) is 0 Å². The third-order valence-electron chi connectivity index (χ3n) is 5.54. The Hall–Kier alpha value is -1.77. The predicted octanol–water partition coefficient (Wildman–Crippen LogP) is 0.519. The number of carbonyl (C=O) groups is 3. The standard InChI is InChI=1S/C19H23ClN4O3S/c20-12-3-1-11(2-4-12)7-14-19(27)24-6-5-13(8-16(24)18(26)23-14)22-17(25)15-9-28-10-21-15/h1-4,13-16,21H,5-10H2,(H,22,25)(H,23,26). The molecule has 3 aliphatic rings. The Balaban J connectivity index is 1.37. The van der Waals surface area contributed by atoms with E-state index in [1.54, 1.807) is 28.8 Å². The second-order valence-electron chi connectivity index (χ2n) is 7.44. The lowest BCUT2D eigenvalue weighted by molar-refractivity contribution is -0.151. The van der Waals surface area contributed by atoms with Gasteiger partial charge in [0.2, 0.25) is 17.7 Å². The first-order chi connectivity index (χ1) is 13.5. The van der Waals surface area contributed by atoms with E-state index in [4.69, 9.17) is 11.6 Å². The van der Waals surface area contributed by atoms with Gasteiger partial charge in [0.15, 0.2) is 0 Å². The van der Waals surface area contributed by atoms with E-state index in [9.17, 15) is 14.4 Å². The molecule has 0 radical (unpaired) electrons. The molecule has 3 amide bonds. The number of rotatable bonds is 4. The molecule has 0 aliphatic carbocycles. The molecule has 0 spiro atoms. The highest BCUT2D eigenvalue weighted by Gasteiger charge is 2.44. The lowest BCUT2D eigenvalue weighted by atomic mass is 9.91. The fraction of sp³-hybridized carbons (Fsp3) is 0.526. The molecule has 28 heavy (non-hydrogen) atoms. The van der Waals surface area contributed by atoms with E-state index in [1.165, 1.54) is 0 Å². The Morgan fingerprint density at radius 1 is 1.29 bits per heavy atom. The number of piperazine rings is 1. The van der Waals surface area contributed by atoms with Crippen LogP contribution >= 0.6 is 23.4 Å². The van der Waals surface area contributed by atoms with E-state index in [-0.39, 0.29) is 29.8 Å². The van der Waals surface area contributed by atoms with Crippen molar-refractivity contribution in [3.05, 3.63) is 34.9 Å². The fourth-order valence-corrected chi connectivity index (χ4v) is 5.07. The van der Waals surface area contributed by atoms with Crippen molar-refractivity contribution >= 4 is 41.1 Å². The maximum Gasteiger partial charge on any atom is 0.246 e. The molecule has 4 rings (SSSR count). The van der Waals surface area contributed by atoms with Crippen LogP contribution in [0.2, 0.25) is 5.02 Å². The molecule has 3 aliphatic heterocycles. The van der Waals surface area contributed by atoms with Crippen molar-refractivity contribution in [3.8, 4) is 0 Å². The van der Waals surface area contributed by atoms with Gasteiger partial charge in [0.25, 0.3) is 0 Å². The molecule has 7 nitrogen and oxygen atoms in total. The van der Waals surface area contributed by atoms with E-state index >= 15 is 0 Å². The number of nitrogens with zero attached hydrogens (tertiary/aromatic N) is 1. The van der Waals surface area contributed by atoms with Gasteiger partial charge in [-0.1, -0.05) is 23.7 Å². The molecule has 4 atom stereocenters. The van der Waals surface area contributed by atoms with Gasteiger partial charge in [0.05, 0.1) is 6.04 Å². The molecule has 3 fully saturated rings. The Labute approximate surface area is 172 Å². The predicted molar refractivity (Wildman–Crippen MR) is 108 cm³/mol. The maximum absolute atomic E-state index is 12.9. The van der Waals surface area contributed by atoms with E-state index < -0.39 is 12.1 Å². The molecule has 0 aromatic heterocycles. The number of amides is 3. The maximum atomic E-state index is 12.9. The summed E-state index contributed by atoms with van der Waals surface area (Å²) in [6.07, 6.45) is 1.56. The van der Waals surface area contributed by atoms with Gasteiger partial charge < -0.3 is 15.5 Å². The second kappa shape index (κ2) is 8.31. The zero-order valence-corrected chi connectivity index (χ0v) is 16.9. The van der Waals surface area contributed by atoms with Crippen LogP contribution in [0.3, 0.4) is 0 Å². The van der Waals surface area contributed by atoms with Crippen LogP contribution in [0, 0.1) is 0 Å². The first kappa shape index (κ1) is 19.5. The minimum Gasteiger partial charge on any atom is -0.352 e. The number of benzene rings is 1. The highest BCUT2D eigenvalue weighted by atomic mass is 35.5. The molecule has 3 saturated heterocycles. The number of nitrogens with one attached hydrogen (secondary N) is 3. The zero-order valence-electron chi connectivity index (χ0n) is 15.3. The minimum atomic E-state index is -0.559. The summed E-state index contributed by atoms with van der Waals surface area (Å²) in [5.41, 5.74) is 0.950. The summed E-state index contributed by atoms with van der Waals surface area (Å²) < 4.78 is 0. The monoisotopic (exact) mass is 422 g/mol. The third kappa shape index (κ3) is 4.14. The second-order valence-corrected chi connectivity index (χ2v) is 8.91. The SMILES string of the molecule is O=C(NC1CCN2C(=O)C(Cc3ccc(Cl)cc3)NC(=O)C2C1)C1CSCN1. The molecule has 4 unspecified atom stereocenters. The fourth-order valence-electron chi connectivity index (χ4n) is 4.00. The number of thioether (sulfide) groups is 1. The van der Waals surface area contributed by atoms with Crippen LogP contribution < -0.4 is 16.0 Å². The summed E-state index contributed by atoms with van der Waals surface area (Å²) in [6, 6.07) is 5.95. The lowest BCUT2D eigenvalue weighted by Crippen LogP contribution is -2.67. The smallest absolute Gasteiger partial charge is 0.246 e. The van der Waals surface area contributed by atoms with Gasteiger partial charge >= 0.3 is 0 Å². The average molecular weight is 423 g/mol. The highest BCUT2D eigenvalue weighted by molar-refractivity contribution is 7.99. The molecule has 3 N–H and O–H groups in total. The zero-order chi connectivity index (χ0) is 19.7. The average Bonchev–Trinajstić information content (AvgIpc) is 3.23. The van der Waals surface area contributed by atoms with Crippen molar-refractivity contribution in [2.45, 2.75) is 43.4 Å². The molecular formula is C19H23ClN4O3S. The number of halogens is 1. The summed E-state index contributed by atoms with van der Waals surface area (Å²) in [5.74, 6) is 1.32. The van der Waals surface area contributed by atoms with Gasteiger partial charge in [-0.15, -0.1) is 11.8 Å². The normalized spacial score (nSPS) is 30.0. The highest BCUT2D eigenvalue weighted by Crippen LogP contribution is 2.24. The van der Waals surface area contributed by atoms with Gasteiger partial charge in [-0.05, 0) is 30.5 Å². The van der Waals surface area contributed by atoms with E-state index in [0.29, 0.717) is 30.8 Å². The topological polar surface area (TPSA) is 90.5 Å². The number of hydrogen-bond acceptors (Lipinski definition) is 5. The summed E-state index contributed by atoms with van der Waals surface area (Å²) >= 11 is 7.61. The van der Waals surface area contributed by atoms with Crippen LogP contribution in [-0.4, -0.2) is 65.0 Å². The van der Waals surface area contributed by atoms with Crippen molar-refractivity contribution in [3.63, 3.8) is 0 Å². The first-order valence-corrected chi connectivity index (χ1v) is 11.0. The van der Waals surface area contributed by atoms with Crippen LogP contribution in [0.15, 0.2) is 24.3 Å². The van der Waals surface area contributed by atoms with Gasteiger partial charge in [-0.25, -0.2) is 0 Å². The molecule has 1 aromatic carbocycles. The van der Waals surface area contributed by atoms with Gasteiger partial charge in [0, 0.05) is 35.7 Å². The van der Waals surface area contributed by atoms with Crippen molar-refractivity contribution in [1.82, 2.24) is 20.9 Å². The Morgan fingerprint density at radius 3 is 2.79 bits per heavy atom. The van der Waals surface area contributed by atoms with Gasteiger partial charge in [-0.3, -0.25) is 19.7 Å². The van der Waals surface area contributed by atoms with Crippen molar-refractivity contribution in [2.24, 2.45) is 0 Å². The van der Waals surface area contributed by atoms with Crippen LogP contribution in [-0.2, 0) is 20.8 Å². The summed E-state index contributed by atoms with van der Waals surface area (Å²) in [6.45, 7) is 0.478. The molecule has 1 aromatic rings. The van der Waals surface area contributed by atoms with Crippen molar-refractivity contribution in [1.29, 1.82) is 0 Å². The number of carbonyl (C=O) groups excluding carboxylic acids is 3. The molecule has 0 saturated carbocycles. The molecular weight excluding hydrogens is 400 g/mol. The molecule has 9 heteroatoms. The van der Waals surface area contributed by atoms with Crippen LogP contribution in [0.25, 0.3) is 0 Å². The Kier molecular flexibility index (Phi) is 5.80. The van der Waals surface area contributed by atoms with Gasteiger partial charge in [-0.2, -0.15) is 0 Å². The van der Waals surface area contributed by atoms with E-state index in [0.717, 1.165) is 17.2 Å². The van der Waals surface area contributed by atoms with Crippen molar-refractivity contribution < 1.29 is 14.4 Å². The summed E-state index contributed by atoms with van der Waals surface area (Å²) in [4.78, 5) is 39.6. The third-order valence-corrected chi connectivity index (χ3v) is 6.73. The van der Waals surface area contributed by atoms with E-state index in [2.05, 4.69) is 16.0 Å². The first-order valence-electron chi connectivity index (χ1n) is 9.48. The molecule has 3 heterocycles. The van der Waals surface area contributed by atoms with Crippen LogP contribution in [0.1, 0.15) is 18.4 Å². The Bertz CT molecular complexity index is 769. The van der Waals surface area contributed by atoms with Gasteiger partial charge in [0.1, 0.15) is 12.1 Å². The van der Waals surface area contributed by atoms with E-state index in [1.807, 2.05) is 12.1 Å². The Morgan fingerprint density at radius 2 is 2.07 bits per heavy atom. The summed E-state index contributed by atoms with van der Waals surface area (Å²) in [5, 5.41) is 9.69. The molecule has 0 bridgehead atoms. The lowest BCUT2D eigenvalue weighted by Gasteiger charge is -2.44. The minimum absolute atomic E-state index is 0.0217. The van der Waals surface area contributed by atoms with Crippen LogP contribution in [0.4, 0.5) is 0 Å². The number of piperidine rings is 1. The van der Waals surface area contributed by atoms with Crippen molar-refractivity contribution in [2.75, 3.05) is 18.2 Å². The molecule has 150 valence electrons. The largest absolute Gasteiger partial charge is 0.352 e. The quantitative estimate of drug-likeness (QED) is 0.658. The number of fused-ring (bicyclic) bond motifs is 1.